The lowest BCUT2D eigenvalue weighted by atomic mass is 10.1. The van der Waals surface area contributed by atoms with Gasteiger partial charge < -0.3 is 0 Å². The maximum absolute atomic E-state index is 12.9. The van der Waals surface area contributed by atoms with Crippen molar-refractivity contribution in [2.75, 3.05) is 5.75 Å². The molecule has 6 heteroatoms. The second-order valence-electron chi connectivity index (χ2n) is 4.78. The lowest BCUT2D eigenvalue weighted by Gasteiger charge is -2.07. The molecule has 0 bridgehead atoms. The molecule has 0 spiro atoms. The predicted octanol–water partition coefficient (Wildman–Crippen LogP) is 4.64. The number of carbonyl (C=O) groups is 1. The molecule has 116 valence electrons. The van der Waals surface area contributed by atoms with E-state index < -0.39 is 0 Å². The van der Waals surface area contributed by atoms with Crippen LogP contribution in [0.5, 0.6) is 0 Å². The third kappa shape index (κ3) is 3.81. The van der Waals surface area contributed by atoms with Crippen molar-refractivity contribution in [1.82, 2.24) is 9.55 Å². The number of nitrogens with zero attached hydrogens (tertiary/aromatic N) is 2. The van der Waals surface area contributed by atoms with Crippen molar-refractivity contribution in [2.24, 2.45) is 0 Å². The van der Waals surface area contributed by atoms with Gasteiger partial charge in [-0.1, -0.05) is 29.4 Å². The van der Waals surface area contributed by atoms with Crippen LogP contribution >= 0.6 is 23.4 Å². The predicted molar refractivity (Wildman–Crippen MR) is 90.0 cm³/mol. The Bertz CT molecular complexity index is 833. The van der Waals surface area contributed by atoms with Crippen LogP contribution in [0.25, 0.3) is 5.69 Å². The van der Waals surface area contributed by atoms with Crippen LogP contribution in [0.2, 0.25) is 5.02 Å². The molecule has 1 heterocycles. The summed E-state index contributed by atoms with van der Waals surface area (Å²) >= 11 is 7.34. The van der Waals surface area contributed by atoms with E-state index in [9.17, 15) is 9.18 Å². The maximum Gasteiger partial charge on any atom is 0.173 e. The molecular formula is C17H12ClFN2OS. The number of imidazole rings is 1. The van der Waals surface area contributed by atoms with Gasteiger partial charge in [-0.05, 0) is 42.5 Å². The van der Waals surface area contributed by atoms with E-state index in [0.717, 1.165) is 5.69 Å². The zero-order valence-electron chi connectivity index (χ0n) is 11.9. The van der Waals surface area contributed by atoms with E-state index in [1.54, 1.807) is 12.3 Å². The fourth-order valence-electron chi connectivity index (χ4n) is 2.07. The molecule has 0 saturated heterocycles. The second kappa shape index (κ2) is 6.98. The number of benzene rings is 2. The number of hydrogen-bond donors (Lipinski definition) is 0. The van der Waals surface area contributed by atoms with E-state index >= 15 is 0 Å². The minimum Gasteiger partial charge on any atom is -0.295 e. The topological polar surface area (TPSA) is 34.9 Å². The molecule has 0 atom stereocenters. The molecular weight excluding hydrogens is 335 g/mol. The summed E-state index contributed by atoms with van der Waals surface area (Å²) in [4.78, 5) is 16.4. The van der Waals surface area contributed by atoms with Gasteiger partial charge in [-0.25, -0.2) is 9.37 Å². The van der Waals surface area contributed by atoms with E-state index in [-0.39, 0.29) is 17.4 Å². The van der Waals surface area contributed by atoms with Gasteiger partial charge in [0, 0.05) is 28.7 Å². The lowest BCUT2D eigenvalue weighted by molar-refractivity contribution is 0.102. The average molecular weight is 347 g/mol. The molecule has 0 N–H and O–H groups in total. The van der Waals surface area contributed by atoms with Crippen molar-refractivity contribution in [3.8, 4) is 5.69 Å². The van der Waals surface area contributed by atoms with Gasteiger partial charge in [0.2, 0.25) is 0 Å². The number of carbonyl (C=O) groups excluding carboxylic acids is 1. The number of halogens is 2. The van der Waals surface area contributed by atoms with E-state index in [2.05, 4.69) is 4.98 Å². The molecule has 23 heavy (non-hydrogen) atoms. The summed E-state index contributed by atoms with van der Waals surface area (Å²) in [5, 5.41) is 1.33. The Morgan fingerprint density at radius 2 is 2.00 bits per heavy atom. The lowest BCUT2D eigenvalue weighted by Crippen LogP contribution is -2.04. The number of hydrogen-bond acceptors (Lipinski definition) is 3. The normalized spacial score (nSPS) is 10.7. The molecule has 0 aliphatic rings. The molecule has 0 amide bonds. The molecule has 0 radical (unpaired) electrons. The van der Waals surface area contributed by atoms with Crippen molar-refractivity contribution in [2.45, 2.75) is 5.16 Å². The Labute approximate surface area is 142 Å². The minimum atomic E-state index is -0.356. The summed E-state index contributed by atoms with van der Waals surface area (Å²) in [5.41, 5.74) is 1.37. The van der Waals surface area contributed by atoms with Crippen molar-refractivity contribution in [3.05, 3.63) is 77.3 Å². The van der Waals surface area contributed by atoms with Crippen LogP contribution in [0.1, 0.15) is 10.4 Å². The van der Waals surface area contributed by atoms with Crippen molar-refractivity contribution < 1.29 is 9.18 Å². The number of aromatic nitrogens is 2. The third-order valence-corrected chi connectivity index (χ3v) is 4.39. The molecule has 0 aliphatic heterocycles. The summed E-state index contributed by atoms with van der Waals surface area (Å²) < 4.78 is 14.8. The monoisotopic (exact) mass is 346 g/mol. The highest BCUT2D eigenvalue weighted by Gasteiger charge is 2.11. The Kier molecular flexibility index (Phi) is 4.79. The first-order valence-corrected chi connectivity index (χ1v) is 8.21. The van der Waals surface area contributed by atoms with E-state index in [1.165, 1.54) is 36.0 Å². The van der Waals surface area contributed by atoms with Gasteiger partial charge in [0.05, 0.1) is 5.75 Å². The van der Waals surface area contributed by atoms with Crippen molar-refractivity contribution in [3.63, 3.8) is 0 Å². The van der Waals surface area contributed by atoms with E-state index in [1.807, 2.05) is 29.0 Å². The molecule has 2 aromatic carbocycles. The first kappa shape index (κ1) is 15.8. The molecule has 0 saturated carbocycles. The van der Waals surface area contributed by atoms with Crippen molar-refractivity contribution >= 4 is 29.1 Å². The van der Waals surface area contributed by atoms with Gasteiger partial charge in [0.15, 0.2) is 10.9 Å². The van der Waals surface area contributed by atoms with Crippen LogP contribution in [-0.4, -0.2) is 21.1 Å². The largest absolute Gasteiger partial charge is 0.295 e. The van der Waals surface area contributed by atoms with E-state index in [4.69, 9.17) is 11.6 Å². The average Bonchev–Trinajstić information content (AvgIpc) is 3.02. The number of thioether (sulfide) groups is 1. The molecule has 3 nitrogen and oxygen atoms in total. The number of rotatable bonds is 5. The SMILES string of the molecule is O=C(CSc1nccn1-c1cccc(Cl)c1)c1ccc(F)cc1. The zero-order valence-corrected chi connectivity index (χ0v) is 13.5. The van der Waals surface area contributed by atoms with Crippen LogP contribution in [0.15, 0.2) is 66.1 Å². The van der Waals surface area contributed by atoms with Crippen LogP contribution in [0, 0.1) is 5.82 Å². The smallest absolute Gasteiger partial charge is 0.173 e. The number of Topliss-reactive ketones (excluding diaryl/α,β-unsaturated/α-hetero) is 1. The fourth-order valence-corrected chi connectivity index (χ4v) is 3.12. The molecule has 1 aromatic heterocycles. The summed E-state index contributed by atoms with van der Waals surface area (Å²) in [7, 11) is 0. The molecule has 3 rings (SSSR count). The molecule has 3 aromatic rings. The first-order chi connectivity index (χ1) is 11.1. The zero-order chi connectivity index (χ0) is 16.2. The molecule has 0 aliphatic carbocycles. The summed E-state index contributed by atoms with van der Waals surface area (Å²) in [5.74, 6) is -0.204. The first-order valence-electron chi connectivity index (χ1n) is 6.84. The minimum absolute atomic E-state index is 0.0735. The van der Waals surface area contributed by atoms with Gasteiger partial charge in [-0.2, -0.15) is 0 Å². The van der Waals surface area contributed by atoms with Crippen LogP contribution in [0.4, 0.5) is 4.39 Å². The summed E-state index contributed by atoms with van der Waals surface area (Å²) in [6.45, 7) is 0. The van der Waals surface area contributed by atoms with Crippen LogP contribution in [-0.2, 0) is 0 Å². The van der Waals surface area contributed by atoms with Gasteiger partial charge in [-0.3, -0.25) is 9.36 Å². The quantitative estimate of drug-likeness (QED) is 0.498. The van der Waals surface area contributed by atoms with Crippen LogP contribution < -0.4 is 0 Å². The Hall–Kier alpha value is -2.11. The Morgan fingerprint density at radius 3 is 2.74 bits per heavy atom. The van der Waals surface area contributed by atoms with Gasteiger partial charge in [-0.15, -0.1) is 0 Å². The second-order valence-corrected chi connectivity index (χ2v) is 6.16. The van der Waals surface area contributed by atoms with Gasteiger partial charge in [0.1, 0.15) is 5.82 Å². The highest BCUT2D eigenvalue weighted by atomic mass is 35.5. The van der Waals surface area contributed by atoms with Gasteiger partial charge >= 0.3 is 0 Å². The van der Waals surface area contributed by atoms with Crippen LogP contribution in [0.3, 0.4) is 0 Å². The van der Waals surface area contributed by atoms with Gasteiger partial charge in [0.25, 0.3) is 0 Å². The highest BCUT2D eigenvalue weighted by Crippen LogP contribution is 2.23. The summed E-state index contributed by atoms with van der Waals surface area (Å²) in [6.07, 6.45) is 3.49. The standard InChI is InChI=1S/C17H12ClFN2OS/c18-13-2-1-3-15(10-13)21-9-8-20-17(21)23-11-16(22)12-4-6-14(19)7-5-12/h1-10H,11H2. The Morgan fingerprint density at radius 1 is 1.22 bits per heavy atom. The number of ketones is 1. The summed E-state index contributed by atoms with van der Waals surface area (Å²) in [6, 6.07) is 12.9. The third-order valence-electron chi connectivity index (χ3n) is 3.19. The van der Waals surface area contributed by atoms with Crippen molar-refractivity contribution in [1.29, 1.82) is 0 Å². The maximum atomic E-state index is 12.9. The highest BCUT2D eigenvalue weighted by molar-refractivity contribution is 7.99. The molecule has 0 unspecified atom stereocenters. The van der Waals surface area contributed by atoms with E-state index in [0.29, 0.717) is 15.7 Å². The Balaban J connectivity index is 1.73. The molecule has 0 fully saturated rings. The fraction of sp³-hybridized carbons (Fsp3) is 0.0588.